The van der Waals surface area contributed by atoms with E-state index in [2.05, 4.69) is 140 Å². The molecule has 0 atom stereocenters. The summed E-state index contributed by atoms with van der Waals surface area (Å²) in [6, 6.07) is 51.3. The van der Waals surface area contributed by atoms with E-state index in [1.807, 2.05) is 18.2 Å². The minimum Gasteiger partial charge on any atom is -0.455 e. The first-order chi connectivity index (χ1) is 24.3. The molecular weight excluding hydrogens is 597 g/mol. The van der Waals surface area contributed by atoms with Crippen LogP contribution in [0.15, 0.2) is 162 Å². The Balaban J connectivity index is 1.15. The average molecular weight is 627 g/mol. The summed E-state index contributed by atoms with van der Waals surface area (Å²) in [4.78, 5) is 10.2. The lowest BCUT2D eigenvalue weighted by molar-refractivity contribution is 0.672. The Kier molecular flexibility index (Phi) is 6.31. The fourth-order valence-electron chi connectivity index (χ4n) is 7.52. The molecule has 1 aliphatic rings. The molecule has 9 aromatic rings. The summed E-state index contributed by atoms with van der Waals surface area (Å²) < 4.78 is 6.70. The van der Waals surface area contributed by atoms with E-state index in [0.29, 0.717) is 5.82 Å². The van der Waals surface area contributed by atoms with Gasteiger partial charge in [0.15, 0.2) is 5.82 Å². The highest BCUT2D eigenvalue weighted by molar-refractivity contribution is 6.20. The molecule has 0 saturated carbocycles. The van der Waals surface area contributed by atoms with Gasteiger partial charge in [-0.1, -0.05) is 121 Å². The van der Waals surface area contributed by atoms with Crippen LogP contribution in [0.3, 0.4) is 0 Å². The van der Waals surface area contributed by atoms with Crippen molar-refractivity contribution in [3.8, 4) is 22.6 Å². The minimum atomic E-state index is 0.705. The monoisotopic (exact) mass is 626 g/mol. The zero-order chi connectivity index (χ0) is 32.3. The molecule has 0 unspecified atom stereocenters. The van der Waals surface area contributed by atoms with Gasteiger partial charge in [0.05, 0.1) is 11.2 Å². The van der Waals surface area contributed by atoms with Crippen molar-refractivity contribution < 1.29 is 4.42 Å². The molecule has 7 aromatic carbocycles. The van der Waals surface area contributed by atoms with Gasteiger partial charge in [0, 0.05) is 32.7 Å². The van der Waals surface area contributed by atoms with Crippen LogP contribution >= 0.6 is 0 Å². The third-order valence-corrected chi connectivity index (χ3v) is 9.99. The Bertz CT molecular complexity index is 2820. The number of hydrogen-bond acceptors (Lipinski definition) is 3. The number of aromatic nitrogens is 2. The smallest absolute Gasteiger partial charge is 0.160 e. The molecule has 10 rings (SSSR count). The number of allylic oxidation sites excluding steroid dienone is 4. The molecule has 2 aromatic heterocycles. The molecule has 3 heteroatoms. The van der Waals surface area contributed by atoms with Crippen LogP contribution in [0.2, 0.25) is 0 Å². The van der Waals surface area contributed by atoms with Gasteiger partial charge in [-0.25, -0.2) is 9.97 Å². The van der Waals surface area contributed by atoms with Gasteiger partial charge in [-0.3, -0.25) is 0 Å². The largest absolute Gasteiger partial charge is 0.455 e. The molecule has 3 nitrogen and oxygen atoms in total. The van der Waals surface area contributed by atoms with Crippen LogP contribution in [0.4, 0.5) is 0 Å². The fraction of sp³-hybridized carbons (Fsp3) is 0.0435. The zero-order valence-corrected chi connectivity index (χ0v) is 26.7. The Morgan fingerprint density at radius 1 is 0.469 bits per heavy atom. The summed E-state index contributed by atoms with van der Waals surface area (Å²) >= 11 is 0. The van der Waals surface area contributed by atoms with Crippen molar-refractivity contribution in [1.29, 1.82) is 0 Å². The first-order valence-corrected chi connectivity index (χ1v) is 16.9. The van der Waals surface area contributed by atoms with Gasteiger partial charge in [-0.05, 0) is 87.7 Å². The minimum absolute atomic E-state index is 0.705. The molecule has 0 aliphatic heterocycles. The molecule has 1 aliphatic carbocycles. The quantitative estimate of drug-likeness (QED) is 0.195. The van der Waals surface area contributed by atoms with E-state index < -0.39 is 0 Å². The molecule has 0 radical (unpaired) electrons. The number of rotatable bonds is 4. The predicted octanol–water partition coefficient (Wildman–Crippen LogP) is 12.4. The highest BCUT2D eigenvalue weighted by atomic mass is 16.3. The topological polar surface area (TPSA) is 38.9 Å². The van der Waals surface area contributed by atoms with Crippen LogP contribution in [0, 0.1) is 0 Å². The van der Waals surface area contributed by atoms with Crippen molar-refractivity contribution in [2.75, 3.05) is 0 Å². The second kappa shape index (κ2) is 11.1. The maximum atomic E-state index is 6.70. The van der Waals surface area contributed by atoms with Gasteiger partial charge >= 0.3 is 0 Å². The van der Waals surface area contributed by atoms with E-state index in [1.54, 1.807) is 0 Å². The van der Waals surface area contributed by atoms with Crippen molar-refractivity contribution in [2.45, 2.75) is 12.8 Å². The average Bonchev–Trinajstić information content (AvgIpc) is 3.57. The number of benzene rings is 7. The highest BCUT2D eigenvalue weighted by Gasteiger charge is 2.21. The standard InChI is InChI=1S/C46H30N2O/c1-2-11-32(12-3-1)44-38-16-8-9-17-41(38)47-46(48-44)36-24-25-42-40(28-36)43-39(27-35-14-6-7-15-37(35)45(43)49-42)31-21-18-30(19-22-31)34-23-20-29-10-4-5-13-33(29)26-34/h1-18,20-21,23-28H,19,22H2. The van der Waals surface area contributed by atoms with Crippen LogP contribution in [0.25, 0.3) is 88.2 Å². The van der Waals surface area contributed by atoms with Gasteiger partial charge in [-0.2, -0.15) is 0 Å². The van der Waals surface area contributed by atoms with Gasteiger partial charge < -0.3 is 4.42 Å². The SMILES string of the molecule is C1=C(c2ccc3ccccc3c2)CCC(c2cc3ccccc3c3oc4ccc(-c5nc(-c6ccccc6)c6ccccc6n5)cc4c23)=C1. The number of furan rings is 1. The molecule has 0 spiro atoms. The third kappa shape index (κ3) is 4.66. The van der Waals surface area contributed by atoms with Crippen molar-refractivity contribution in [3.63, 3.8) is 0 Å². The zero-order valence-electron chi connectivity index (χ0n) is 26.7. The van der Waals surface area contributed by atoms with E-state index in [4.69, 9.17) is 14.4 Å². The number of nitrogens with zero attached hydrogens (tertiary/aromatic N) is 2. The van der Waals surface area contributed by atoms with Crippen LogP contribution < -0.4 is 0 Å². The molecule has 0 saturated heterocycles. The molecular formula is C46H30N2O. The first-order valence-electron chi connectivity index (χ1n) is 16.9. The second-order valence-corrected chi connectivity index (χ2v) is 12.9. The summed E-state index contributed by atoms with van der Waals surface area (Å²) in [5.74, 6) is 0.705. The summed E-state index contributed by atoms with van der Waals surface area (Å²) in [5, 5.41) is 8.12. The fourth-order valence-corrected chi connectivity index (χ4v) is 7.52. The molecule has 230 valence electrons. The van der Waals surface area contributed by atoms with Crippen LogP contribution in [0.1, 0.15) is 24.0 Å². The maximum Gasteiger partial charge on any atom is 0.160 e. The van der Waals surface area contributed by atoms with E-state index in [9.17, 15) is 0 Å². The Morgan fingerprint density at radius 2 is 1.18 bits per heavy atom. The van der Waals surface area contributed by atoms with Crippen molar-refractivity contribution in [2.24, 2.45) is 0 Å². The third-order valence-electron chi connectivity index (χ3n) is 9.99. The molecule has 0 amide bonds. The number of hydrogen-bond donors (Lipinski definition) is 0. The number of para-hydroxylation sites is 1. The number of fused-ring (bicyclic) bond motifs is 7. The van der Waals surface area contributed by atoms with Crippen molar-refractivity contribution >= 4 is 65.5 Å². The summed E-state index contributed by atoms with van der Waals surface area (Å²) in [7, 11) is 0. The van der Waals surface area contributed by atoms with Gasteiger partial charge in [0.2, 0.25) is 0 Å². The highest BCUT2D eigenvalue weighted by Crippen LogP contribution is 2.43. The van der Waals surface area contributed by atoms with E-state index in [0.717, 1.165) is 67.9 Å². The summed E-state index contributed by atoms with van der Waals surface area (Å²) in [5.41, 5.74) is 10.9. The second-order valence-electron chi connectivity index (χ2n) is 12.9. The Hall–Kier alpha value is -6.32. The lowest BCUT2D eigenvalue weighted by Gasteiger charge is -2.17. The summed E-state index contributed by atoms with van der Waals surface area (Å²) in [6.45, 7) is 0. The lowest BCUT2D eigenvalue weighted by Crippen LogP contribution is -1.96. The Morgan fingerprint density at radius 3 is 2.04 bits per heavy atom. The van der Waals surface area contributed by atoms with E-state index in [1.165, 1.54) is 38.4 Å². The Labute approximate surface area is 283 Å². The molecule has 2 heterocycles. The van der Waals surface area contributed by atoms with Crippen molar-refractivity contribution in [1.82, 2.24) is 9.97 Å². The van der Waals surface area contributed by atoms with Crippen LogP contribution in [-0.4, -0.2) is 9.97 Å². The maximum absolute atomic E-state index is 6.70. The normalized spacial score (nSPS) is 13.4. The van der Waals surface area contributed by atoms with Crippen molar-refractivity contribution in [3.05, 3.63) is 169 Å². The first kappa shape index (κ1) is 27.8. The molecule has 0 bridgehead atoms. The van der Waals surface area contributed by atoms with Gasteiger partial charge in [-0.15, -0.1) is 0 Å². The molecule has 0 N–H and O–H groups in total. The van der Waals surface area contributed by atoms with E-state index in [-0.39, 0.29) is 0 Å². The van der Waals surface area contributed by atoms with E-state index >= 15 is 0 Å². The summed E-state index contributed by atoms with van der Waals surface area (Å²) in [6.07, 6.45) is 6.56. The van der Waals surface area contributed by atoms with Crippen LogP contribution in [0.5, 0.6) is 0 Å². The molecule has 0 fully saturated rings. The van der Waals surface area contributed by atoms with Gasteiger partial charge in [0.25, 0.3) is 0 Å². The lowest BCUT2D eigenvalue weighted by atomic mass is 9.86. The van der Waals surface area contributed by atoms with Crippen LogP contribution in [-0.2, 0) is 0 Å². The van der Waals surface area contributed by atoms with Gasteiger partial charge in [0.1, 0.15) is 11.2 Å². The molecule has 49 heavy (non-hydrogen) atoms. The predicted molar refractivity (Wildman–Crippen MR) is 204 cm³/mol.